The van der Waals surface area contributed by atoms with E-state index in [9.17, 15) is 0 Å². The molecule has 1 heterocycles. The molecular formula is C55H42S. The molecule has 0 bridgehead atoms. The van der Waals surface area contributed by atoms with Gasteiger partial charge in [-0.25, -0.2) is 0 Å². The minimum Gasteiger partial charge on any atom is -0.135 e. The lowest BCUT2D eigenvalue weighted by Gasteiger charge is -2.23. The average Bonchev–Trinajstić information content (AvgIpc) is 3.73. The van der Waals surface area contributed by atoms with Crippen LogP contribution in [0.5, 0.6) is 0 Å². The molecule has 0 amide bonds. The Balaban J connectivity index is 1.08. The van der Waals surface area contributed by atoms with Crippen molar-refractivity contribution in [3.63, 3.8) is 0 Å². The highest BCUT2D eigenvalue weighted by atomic mass is 32.1. The number of thiophene rings is 1. The second kappa shape index (κ2) is 13.5. The van der Waals surface area contributed by atoms with Crippen molar-refractivity contribution in [1.29, 1.82) is 0 Å². The van der Waals surface area contributed by atoms with Crippen LogP contribution in [0.3, 0.4) is 0 Å². The number of hydrogen-bond donors (Lipinski definition) is 0. The SMILES string of the molecule is C/C=c1/c(-c2ccc(-c3ccc4c(c3)-c3ccc5c(ccc6sc7ccccc7c65)c3C4(C)C)cc2)ccccccc(-c2ccc3ccccc3c2)/c1=C/C. The van der Waals surface area contributed by atoms with Crippen LogP contribution in [0.2, 0.25) is 0 Å². The van der Waals surface area contributed by atoms with E-state index in [1.807, 2.05) is 11.3 Å². The molecule has 0 fully saturated rings. The zero-order chi connectivity index (χ0) is 38.0. The van der Waals surface area contributed by atoms with Gasteiger partial charge < -0.3 is 0 Å². The van der Waals surface area contributed by atoms with Crippen LogP contribution in [0.15, 0.2) is 170 Å². The topological polar surface area (TPSA) is 0 Å². The van der Waals surface area contributed by atoms with Crippen molar-refractivity contribution in [3.05, 3.63) is 191 Å². The van der Waals surface area contributed by atoms with Gasteiger partial charge >= 0.3 is 0 Å². The summed E-state index contributed by atoms with van der Waals surface area (Å²) in [6, 6.07) is 63.1. The molecule has 0 atom stereocenters. The summed E-state index contributed by atoms with van der Waals surface area (Å²) in [4.78, 5) is 0. The molecule has 0 radical (unpaired) electrons. The van der Waals surface area contributed by atoms with E-state index in [4.69, 9.17) is 0 Å². The Bertz CT molecular complexity index is 3230. The Hall–Kier alpha value is -6.28. The fourth-order valence-electron chi connectivity index (χ4n) is 9.38. The van der Waals surface area contributed by atoms with Gasteiger partial charge in [-0.3, -0.25) is 0 Å². The lowest BCUT2D eigenvalue weighted by molar-refractivity contribution is 0.666. The first-order chi connectivity index (χ1) is 27.4. The monoisotopic (exact) mass is 734 g/mol. The van der Waals surface area contributed by atoms with E-state index in [0.717, 1.165) is 0 Å². The number of fused-ring (bicyclic) bond motifs is 10. The third-order valence-corrected chi connectivity index (χ3v) is 13.2. The van der Waals surface area contributed by atoms with Crippen LogP contribution in [0, 0.1) is 0 Å². The summed E-state index contributed by atoms with van der Waals surface area (Å²) < 4.78 is 2.71. The van der Waals surface area contributed by atoms with Gasteiger partial charge in [0.15, 0.2) is 0 Å². The smallest absolute Gasteiger partial charge is 0.0361 e. The van der Waals surface area contributed by atoms with Gasteiger partial charge in [-0.2, -0.15) is 0 Å². The highest BCUT2D eigenvalue weighted by molar-refractivity contribution is 7.26. The van der Waals surface area contributed by atoms with Gasteiger partial charge in [0.25, 0.3) is 0 Å². The predicted molar refractivity (Wildman–Crippen MR) is 245 cm³/mol. The molecule has 0 aliphatic heterocycles. The highest BCUT2D eigenvalue weighted by Gasteiger charge is 2.37. The minimum atomic E-state index is -0.107. The lowest BCUT2D eigenvalue weighted by Crippen LogP contribution is -2.27. The largest absolute Gasteiger partial charge is 0.135 e. The van der Waals surface area contributed by atoms with E-state index in [2.05, 4.69) is 210 Å². The predicted octanol–water partition coefficient (Wildman–Crippen LogP) is 14.4. The summed E-state index contributed by atoms with van der Waals surface area (Å²) in [5.74, 6) is 0. The zero-order valence-electron chi connectivity index (χ0n) is 32.2. The minimum absolute atomic E-state index is 0.107. The Labute approximate surface area is 332 Å². The van der Waals surface area contributed by atoms with Crippen LogP contribution >= 0.6 is 11.3 Å². The molecule has 0 saturated heterocycles. The number of benzene rings is 7. The van der Waals surface area contributed by atoms with Crippen LogP contribution in [0.1, 0.15) is 38.8 Å². The fourth-order valence-corrected chi connectivity index (χ4v) is 10.5. The van der Waals surface area contributed by atoms with Crippen LogP contribution in [0.4, 0.5) is 0 Å². The first-order valence-electron chi connectivity index (χ1n) is 19.7. The van der Waals surface area contributed by atoms with Gasteiger partial charge in [-0.05, 0) is 126 Å². The first kappa shape index (κ1) is 34.2. The van der Waals surface area contributed by atoms with E-state index in [1.165, 1.54) is 108 Å². The van der Waals surface area contributed by atoms with Crippen LogP contribution in [0.25, 0.3) is 98.4 Å². The molecule has 0 N–H and O–H groups in total. The van der Waals surface area contributed by atoms with Gasteiger partial charge in [0.2, 0.25) is 0 Å². The lowest BCUT2D eigenvalue weighted by atomic mass is 9.79. The van der Waals surface area contributed by atoms with E-state index in [0.29, 0.717) is 0 Å². The molecule has 9 aromatic rings. The molecule has 0 spiro atoms. The number of rotatable bonds is 3. The third kappa shape index (κ3) is 5.41. The van der Waals surface area contributed by atoms with Gasteiger partial charge in [0.05, 0.1) is 0 Å². The van der Waals surface area contributed by atoms with Crippen molar-refractivity contribution < 1.29 is 0 Å². The van der Waals surface area contributed by atoms with Gasteiger partial charge in [-0.15, -0.1) is 11.3 Å². The quantitative estimate of drug-likeness (QED) is 0.170. The molecule has 1 aliphatic carbocycles. The van der Waals surface area contributed by atoms with Crippen molar-refractivity contribution in [3.8, 4) is 44.5 Å². The Morgan fingerprint density at radius 3 is 1.80 bits per heavy atom. The van der Waals surface area contributed by atoms with Gasteiger partial charge in [-0.1, -0.05) is 172 Å². The summed E-state index contributed by atoms with van der Waals surface area (Å²) in [5, 5.41) is 10.4. The normalized spacial score (nSPS) is 13.7. The molecular weight excluding hydrogens is 693 g/mol. The van der Waals surface area contributed by atoms with Crippen molar-refractivity contribution >= 4 is 65.2 Å². The summed E-state index contributed by atoms with van der Waals surface area (Å²) in [7, 11) is 0. The van der Waals surface area contributed by atoms with Crippen LogP contribution < -0.4 is 10.4 Å². The van der Waals surface area contributed by atoms with E-state index in [-0.39, 0.29) is 5.41 Å². The highest BCUT2D eigenvalue weighted by Crippen LogP contribution is 2.53. The van der Waals surface area contributed by atoms with Gasteiger partial charge in [0, 0.05) is 25.6 Å². The fraction of sp³-hybridized carbons (Fsp3) is 0.0909. The van der Waals surface area contributed by atoms with E-state index >= 15 is 0 Å². The summed E-state index contributed by atoms with van der Waals surface area (Å²) >= 11 is 1.89. The zero-order valence-corrected chi connectivity index (χ0v) is 33.0. The first-order valence-corrected chi connectivity index (χ1v) is 20.5. The van der Waals surface area contributed by atoms with Crippen molar-refractivity contribution in [2.75, 3.05) is 0 Å². The van der Waals surface area contributed by atoms with Crippen molar-refractivity contribution in [2.45, 2.75) is 33.1 Å². The standard InChI is InChI=1S/C55H42S/c1-5-41-42(6-2)44(40-26-23-35-15-11-12-16-38(35)33-40)18-10-8-7-9-17-43(41)37-24-21-36(22-25-37)39-27-31-50-49(34-39)47-29-28-45-46(54(47)55(50,3)4)30-32-52-53(45)48-19-13-14-20-51(48)56-52/h5-34H,1-4H3/b9-7?,10-8?,41-5+,42-6+,43-17?,44-18?. The molecule has 8 aromatic carbocycles. The molecule has 0 nitrogen and oxygen atoms in total. The second-order valence-corrected chi connectivity index (χ2v) is 16.6. The van der Waals surface area contributed by atoms with E-state index in [1.54, 1.807) is 0 Å². The van der Waals surface area contributed by atoms with Crippen molar-refractivity contribution in [1.82, 2.24) is 0 Å². The molecule has 10 rings (SSSR count). The van der Waals surface area contributed by atoms with Gasteiger partial charge in [0.1, 0.15) is 0 Å². The number of hydrogen-bond acceptors (Lipinski definition) is 1. The summed E-state index contributed by atoms with van der Waals surface area (Å²) in [5.41, 5.74) is 12.7. The summed E-state index contributed by atoms with van der Waals surface area (Å²) in [6.07, 6.45) is 4.52. The maximum Gasteiger partial charge on any atom is 0.0361 e. The van der Waals surface area contributed by atoms with Crippen LogP contribution in [-0.4, -0.2) is 0 Å². The third-order valence-electron chi connectivity index (χ3n) is 12.0. The average molecular weight is 735 g/mol. The Kier molecular flexibility index (Phi) is 8.24. The summed E-state index contributed by atoms with van der Waals surface area (Å²) in [6.45, 7) is 9.11. The molecule has 1 aromatic heterocycles. The molecule has 0 saturated carbocycles. The Morgan fingerprint density at radius 2 is 1.04 bits per heavy atom. The second-order valence-electron chi connectivity index (χ2n) is 15.5. The van der Waals surface area contributed by atoms with E-state index < -0.39 is 0 Å². The molecule has 56 heavy (non-hydrogen) atoms. The van der Waals surface area contributed by atoms with Crippen LogP contribution in [-0.2, 0) is 5.41 Å². The molecule has 0 unspecified atom stereocenters. The molecule has 1 heteroatoms. The molecule has 268 valence electrons. The maximum absolute atomic E-state index is 2.43. The molecule has 1 aliphatic rings. The van der Waals surface area contributed by atoms with Crippen molar-refractivity contribution in [2.24, 2.45) is 0 Å². The Morgan fingerprint density at radius 1 is 0.411 bits per heavy atom. The maximum atomic E-state index is 2.43.